The summed E-state index contributed by atoms with van der Waals surface area (Å²) in [6.45, 7) is 3.15. The third kappa shape index (κ3) is 6.04. The lowest BCUT2D eigenvalue weighted by Gasteiger charge is -2.14. The van der Waals surface area contributed by atoms with Crippen LogP contribution in [0.2, 0.25) is 0 Å². The molecule has 0 bridgehead atoms. The number of hydrogen-bond donors (Lipinski definition) is 2. The number of hydrogen-bond acceptors (Lipinski definition) is 7. The number of phenols is 1. The van der Waals surface area contributed by atoms with Crippen molar-refractivity contribution in [2.75, 3.05) is 19.0 Å². The Kier molecular flexibility index (Phi) is 7.96. The molecule has 30 heavy (non-hydrogen) atoms. The second kappa shape index (κ2) is 10.2. The van der Waals surface area contributed by atoms with Crippen LogP contribution < -0.4 is 5.32 Å². The van der Waals surface area contributed by atoms with Crippen molar-refractivity contribution in [2.24, 2.45) is 0 Å². The number of ether oxygens (including phenoxy) is 1. The molecule has 2 aromatic carbocycles. The van der Waals surface area contributed by atoms with Crippen LogP contribution in [0.25, 0.3) is 0 Å². The number of methoxy groups -OCH3 is 1. The summed E-state index contributed by atoms with van der Waals surface area (Å²) >= 11 is 0. The summed E-state index contributed by atoms with van der Waals surface area (Å²) in [5.41, 5.74) is 1.67. The maximum absolute atomic E-state index is 12.2. The fraction of sp³-hybridized carbons (Fsp3) is 0.333. The van der Waals surface area contributed by atoms with Gasteiger partial charge in [0.15, 0.2) is 0 Å². The van der Waals surface area contributed by atoms with Gasteiger partial charge in [-0.2, -0.15) is 8.42 Å². The quantitative estimate of drug-likeness (QED) is 0.353. The first-order chi connectivity index (χ1) is 14.2. The highest BCUT2D eigenvalue weighted by atomic mass is 32.2. The van der Waals surface area contributed by atoms with Gasteiger partial charge in [-0.05, 0) is 50.5 Å². The van der Waals surface area contributed by atoms with Crippen molar-refractivity contribution in [3.8, 4) is 5.75 Å². The second-order valence-electron chi connectivity index (χ2n) is 6.71. The number of nitrogens with one attached hydrogen (secondary N) is 1. The minimum absolute atomic E-state index is 0.0141. The number of aromatic hydroxyl groups is 1. The average Bonchev–Trinajstić information content (AvgIpc) is 2.69. The molecular weight excluding hydrogens is 410 g/mol. The van der Waals surface area contributed by atoms with E-state index < -0.39 is 16.1 Å². The predicted octanol–water partition coefficient (Wildman–Crippen LogP) is 3.17. The van der Waals surface area contributed by atoms with Gasteiger partial charge in [-0.1, -0.05) is 17.7 Å². The molecule has 0 unspecified atom stereocenters. The molecule has 0 atom stereocenters. The topological polar surface area (TPSA) is 119 Å². The Morgan fingerprint density at radius 1 is 1.07 bits per heavy atom. The number of aryl methyl sites for hydroxylation is 1. The van der Waals surface area contributed by atoms with E-state index in [1.165, 1.54) is 38.3 Å². The number of anilines is 1. The summed E-state index contributed by atoms with van der Waals surface area (Å²) in [5.74, 6) is -1.30. The Morgan fingerprint density at radius 2 is 1.73 bits per heavy atom. The van der Waals surface area contributed by atoms with Gasteiger partial charge in [-0.25, -0.2) is 4.79 Å². The molecule has 2 rings (SSSR count). The van der Waals surface area contributed by atoms with Crippen LogP contribution in [0.3, 0.4) is 0 Å². The van der Waals surface area contributed by atoms with Crippen LogP contribution in [-0.4, -0.2) is 39.1 Å². The molecule has 0 aliphatic carbocycles. The maximum Gasteiger partial charge on any atom is 0.341 e. The summed E-state index contributed by atoms with van der Waals surface area (Å²) in [4.78, 5) is 23.3. The van der Waals surface area contributed by atoms with Crippen molar-refractivity contribution in [1.29, 1.82) is 0 Å². The summed E-state index contributed by atoms with van der Waals surface area (Å²) < 4.78 is 34.1. The maximum atomic E-state index is 12.2. The Labute approximate surface area is 176 Å². The van der Waals surface area contributed by atoms with E-state index in [0.29, 0.717) is 30.5 Å². The van der Waals surface area contributed by atoms with Crippen molar-refractivity contribution in [3.63, 3.8) is 0 Å². The minimum atomic E-state index is -3.84. The van der Waals surface area contributed by atoms with E-state index >= 15 is 0 Å². The standard InChI is InChI=1S/C21H25NO7S/c1-14-7-9-16(10-8-14)30(26,27)29-13-5-4-6-17-19(22-15(2)23)12-11-18(20(17)24)21(25)28-3/h7-12,24H,4-6,13H2,1-3H3,(H,22,23). The van der Waals surface area contributed by atoms with E-state index in [9.17, 15) is 23.1 Å². The van der Waals surface area contributed by atoms with Crippen LogP contribution in [0.15, 0.2) is 41.3 Å². The highest BCUT2D eigenvalue weighted by molar-refractivity contribution is 7.86. The minimum Gasteiger partial charge on any atom is -0.507 e. The highest BCUT2D eigenvalue weighted by Crippen LogP contribution is 2.32. The normalized spacial score (nSPS) is 11.2. The number of carbonyl (C=O) groups excluding carboxylic acids is 2. The molecule has 0 saturated heterocycles. The molecule has 0 fully saturated rings. The van der Waals surface area contributed by atoms with Gasteiger partial charge in [-0.3, -0.25) is 8.98 Å². The number of unbranched alkanes of at least 4 members (excludes halogenated alkanes) is 1. The molecule has 8 nitrogen and oxygen atoms in total. The molecule has 0 aliphatic heterocycles. The Hall–Kier alpha value is -2.91. The lowest BCUT2D eigenvalue weighted by molar-refractivity contribution is -0.114. The highest BCUT2D eigenvalue weighted by Gasteiger charge is 2.19. The van der Waals surface area contributed by atoms with E-state index in [-0.39, 0.29) is 28.7 Å². The van der Waals surface area contributed by atoms with Crippen molar-refractivity contribution < 1.29 is 32.0 Å². The molecule has 2 N–H and O–H groups in total. The van der Waals surface area contributed by atoms with E-state index in [0.717, 1.165) is 5.56 Å². The van der Waals surface area contributed by atoms with E-state index in [2.05, 4.69) is 10.1 Å². The zero-order chi connectivity index (χ0) is 22.3. The number of rotatable bonds is 9. The summed E-state index contributed by atoms with van der Waals surface area (Å²) in [5, 5.41) is 13.1. The van der Waals surface area contributed by atoms with Crippen molar-refractivity contribution in [3.05, 3.63) is 53.1 Å². The largest absolute Gasteiger partial charge is 0.507 e. The summed E-state index contributed by atoms with van der Waals surface area (Å²) in [7, 11) is -2.64. The Balaban J connectivity index is 2.03. The van der Waals surface area contributed by atoms with Crippen LogP contribution in [0.5, 0.6) is 5.75 Å². The van der Waals surface area contributed by atoms with Crippen LogP contribution in [0.4, 0.5) is 5.69 Å². The van der Waals surface area contributed by atoms with Crippen LogP contribution in [0, 0.1) is 6.92 Å². The zero-order valence-electron chi connectivity index (χ0n) is 17.1. The molecule has 2 aromatic rings. The van der Waals surface area contributed by atoms with Gasteiger partial charge >= 0.3 is 5.97 Å². The van der Waals surface area contributed by atoms with E-state index in [1.54, 1.807) is 12.1 Å². The SMILES string of the molecule is COC(=O)c1ccc(NC(C)=O)c(CCCCOS(=O)(=O)c2ccc(C)cc2)c1O. The first kappa shape index (κ1) is 23.4. The van der Waals surface area contributed by atoms with Crippen molar-refractivity contribution >= 4 is 27.7 Å². The molecule has 9 heteroatoms. The predicted molar refractivity (Wildman–Crippen MR) is 111 cm³/mol. The van der Waals surface area contributed by atoms with Gasteiger partial charge in [0.1, 0.15) is 11.3 Å². The number of benzene rings is 2. The lowest BCUT2D eigenvalue weighted by atomic mass is 10.0. The van der Waals surface area contributed by atoms with Crippen LogP contribution in [0.1, 0.15) is 41.3 Å². The molecule has 0 aromatic heterocycles. The number of carbonyl (C=O) groups is 2. The third-order valence-electron chi connectivity index (χ3n) is 4.37. The lowest BCUT2D eigenvalue weighted by Crippen LogP contribution is -2.11. The molecule has 0 heterocycles. The zero-order valence-corrected chi connectivity index (χ0v) is 17.9. The van der Waals surface area contributed by atoms with Gasteiger partial charge in [0.05, 0.1) is 18.6 Å². The molecule has 162 valence electrons. The van der Waals surface area contributed by atoms with Crippen molar-refractivity contribution in [2.45, 2.75) is 38.0 Å². The smallest absolute Gasteiger partial charge is 0.341 e. The van der Waals surface area contributed by atoms with Gasteiger partial charge in [-0.15, -0.1) is 0 Å². The van der Waals surface area contributed by atoms with E-state index in [4.69, 9.17) is 4.18 Å². The van der Waals surface area contributed by atoms with E-state index in [1.807, 2.05) is 6.92 Å². The van der Waals surface area contributed by atoms with Gasteiger partial charge < -0.3 is 15.2 Å². The van der Waals surface area contributed by atoms with Crippen LogP contribution >= 0.6 is 0 Å². The monoisotopic (exact) mass is 435 g/mol. The van der Waals surface area contributed by atoms with Crippen LogP contribution in [-0.2, 0) is 30.3 Å². The molecule has 0 radical (unpaired) electrons. The average molecular weight is 435 g/mol. The second-order valence-corrected chi connectivity index (χ2v) is 8.32. The summed E-state index contributed by atoms with van der Waals surface area (Å²) in [6, 6.07) is 9.24. The Morgan fingerprint density at radius 3 is 2.33 bits per heavy atom. The number of phenolic OH excluding ortho intramolecular Hbond substituents is 1. The fourth-order valence-corrected chi connectivity index (χ4v) is 3.76. The Bertz CT molecular complexity index is 1010. The third-order valence-corrected chi connectivity index (χ3v) is 5.69. The summed E-state index contributed by atoms with van der Waals surface area (Å²) in [6.07, 6.45) is 1.13. The molecule has 0 spiro atoms. The number of amides is 1. The molecular formula is C21H25NO7S. The first-order valence-electron chi connectivity index (χ1n) is 9.32. The first-order valence-corrected chi connectivity index (χ1v) is 10.7. The number of esters is 1. The van der Waals surface area contributed by atoms with Crippen molar-refractivity contribution in [1.82, 2.24) is 0 Å². The van der Waals surface area contributed by atoms with Gasteiger partial charge in [0.2, 0.25) is 5.91 Å². The molecule has 1 amide bonds. The fourth-order valence-electron chi connectivity index (χ4n) is 2.82. The molecule has 0 saturated carbocycles. The molecule has 0 aliphatic rings. The van der Waals surface area contributed by atoms with Gasteiger partial charge in [0.25, 0.3) is 10.1 Å². The van der Waals surface area contributed by atoms with Gasteiger partial charge in [0, 0.05) is 18.2 Å².